The highest BCUT2D eigenvalue weighted by Gasteiger charge is 2.30. The van der Waals surface area contributed by atoms with Crippen molar-refractivity contribution < 1.29 is 9.59 Å². The first kappa shape index (κ1) is 21.6. The molecule has 6 heteroatoms. The Morgan fingerprint density at radius 1 is 1.09 bits per heavy atom. The van der Waals surface area contributed by atoms with Gasteiger partial charge in [-0.05, 0) is 74.1 Å². The Labute approximate surface area is 198 Å². The fraction of sp³-hybridized carbons (Fsp3) is 0.214. The van der Waals surface area contributed by atoms with Gasteiger partial charge in [-0.1, -0.05) is 18.1 Å². The van der Waals surface area contributed by atoms with Crippen molar-refractivity contribution in [2.24, 2.45) is 5.92 Å². The molecule has 0 aliphatic heterocycles. The Morgan fingerprint density at radius 2 is 1.94 bits per heavy atom. The zero-order valence-corrected chi connectivity index (χ0v) is 19.1. The number of pyridine rings is 2. The van der Waals surface area contributed by atoms with Crippen LogP contribution < -0.4 is 5.32 Å². The minimum atomic E-state index is 0.00648. The minimum absolute atomic E-state index is 0.00648. The van der Waals surface area contributed by atoms with Gasteiger partial charge in [0.05, 0.1) is 18.3 Å². The van der Waals surface area contributed by atoms with Crippen LogP contribution in [0, 0.1) is 31.6 Å². The van der Waals surface area contributed by atoms with Crippen molar-refractivity contribution >= 4 is 23.0 Å². The fourth-order valence-electron chi connectivity index (χ4n) is 3.80. The lowest BCUT2D eigenvalue weighted by molar-refractivity contribution is -0.117. The number of anilines is 1. The van der Waals surface area contributed by atoms with E-state index in [-0.39, 0.29) is 24.0 Å². The summed E-state index contributed by atoms with van der Waals surface area (Å²) in [6, 6.07) is 13.2. The van der Waals surface area contributed by atoms with Crippen LogP contribution in [-0.2, 0) is 11.2 Å². The average Bonchev–Trinajstić information content (AvgIpc) is 3.59. The van der Waals surface area contributed by atoms with Crippen molar-refractivity contribution in [3.63, 3.8) is 0 Å². The minimum Gasteiger partial charge on any atom is -0.323 e. The molecule has 0 radical (unpaired) electrons. The number of ketones is 1. The predicted molar refractivity (Wildman–Crippen MR) is 131 cm³/mol. The zero-order chi connectivity index (χ0) is 23.7. The van der Waals surface area contributed by atoms with Crippen molar-refractivity contribution in [2.75, 3.05) is 5.32 Å². The molecule has 34 heavy (non-hydrogen) atoms. The topological polar surface area (TPSA) is 76.4 Å². The third kappa shape index (κ3) is 4.60. The monoisotopic (exact) mass is 448 g/mol. The maximum atomic E-state index is 12.8. The van der Waals surface area contributed by atoms with Gasteiger partial charge in [-0.2, -0.15) is 0 Å². The van der Waals surface area contributed by atoms with Crippen LogP contribution in [0.2, 0.25) is 0 Å². The van der Waals surface area contributed by atoms with E-state index in [1.165, 1.54) is 0 Å². The van der Waals surface area contributed by atoms with E-state index in [1.807, 2.05) is 66.9 Å². The molecule has 3 aromatic heterocycles. The number of Topliss-reactive ketones (excluding diaryl/α,β-unsaturated/α-hetero) is 1. The van der Waals surface area contributed by atoms with Gasteiger partial charge in [0.2, 0.25) is 5.91 Å². The van der Waals surface area contributed by atoms with Gasteiger partial charge in [-0.25, -0.2) is 4.98 Å². The largest absolute Gasteiger partial charge is 0.323 e. The number of nitrogens with one attached hydrogen (secondary N) is 1. The molecule has 1 saturated carbocycles. The first-order valence-electron chi connectivity index (χ1n) is 11.3. The van der Waals surface area contributed by atoms with E-state index >= 15 is 0 Å². The van der Waals surface area contributed by atoms with Crippen molar-refractivity contribution in [3.8, 4) is 11.8 Å². The third-order valence-electron chi connectivity index (χ3n) is 5.94. The van der Waals surface area contributed by atoms with Gasteiger partial charge >= 0.3 is 0 Å². The molecule has 3 heterocycles. The van der Waals surface area contributed by atoms with Crippen LogP contribution in [0.25, 0.3) is 5.65 Å². The van der Waals surface area contributed by atoms with Crippen molar-refractivity contribution in [1.82, 2.24) is 14.4 Å². The smallest absolute Gasteiger partial charge is 0.227 e. The van der Waals surface area contributed by atoms with Crippen LogP contribution in [-0.4, -0.2) is 26.1 Å². The van der Waals surface area contributed by atoms with Gasteiger partial charge in [-0.15, -0.1) is 0 Å². The van der Waals surface area contributed by atoms with Crippen LogP contribution >= 0.6 is 0 Å². The summed E-state index contributed by atoms with van der Waals surface area (Å²) < 4.78 is 1.86. The molecule has 0 atom stereocenters. The summed E-state index contributed by atoms with van der Waals surface area (Å²) >= 11 is 0. The molecule has 4 aromatic rings. The molecule has 0 spiro atoms. The number of nitrogens with zero attached hydrogens (tertiary/aromatic N) is 3. The number of imidazole rings is 1. The Morgan fingerprint density at radius 3 is 2.74 bits per heavy atom. The summed E-state index contributed by atoms with van der Waals surface area (Å²) in [6.45, 7) is 3.96. The normalized spacial score (nSPS) is 12.8. The summed E-state index contributed by atoms with van der Waals surface area (Å²) in [5.41, 5.74) is 6.28. The molecule has 0 saturated heterocycles. The van der Waals surface area contributed by atoms with Gasteiger partial charge in [0.25, 0.3) is 0 Å². The van der Waals surface area contributed by atoms with Crippen molar-refractivity contribution in [1.29, 1.82) is 0 Å². The van der Waals surface area contributed by atoms with Crippen LogP contribution in [0.5, 0.6) is 0 Å². The highest BCUT2D eigenvalue weighted by atomic mass is 16.2. The molecule has 6 nitrogen and oxygen atoms in total. The lowest BCUT2D eigenvalue weighted by Gasteiger charge is -2.06. The van der Waals surface area contributed by atoms with Crippen molar-refractivity contribution in [2.45, 2.75) is 33.1 Å². The Kier molecular flexibility index (Phi) is 5.69. The molecule has 1 amide bonds. The first-order valence-corrected chi connectivity index (χ1v) is 11.3. The van der Waals surface area contributed by atoms with E-state index in [0.717, 1.165) is 35.2 Å². The summed E-state index contributed by atoms with van der Waals surface area (Å²) in [7, 11) is 0. The number of carbonyl (C=O) groups excluding carboxylic acids is 2. The SMILES string of the molecule is Cc1ccnc(CC(=O)c2ccc(C)c(C#Cc3cnc4c(NC(=O)C5CC5)cccn34)c2)c1. The van der Waals surface area contributed by atoms with Gasteiger partial charge in [0, 0.05) is 35.1 Å². The summed E-state index contributed by atoms with van der Waals surface area (Å²) in [4.78, 5) is 33.8. The molecule has 0 bridgehead atoms. The van der Waals surface area contributed by atoms with Gasteiger partial charge in [0.1, 0.15) is 5.69 Å². The van der Waals surface area contributed by atoms with E-state index in [2.05, 4.69) is 27.1 Å². The van der Waals surface area contributed by atoms with Gasteiger partial charge in [-0.3, -0.25) is 19.0 Å². The lowest BCUT2D eigenvalue weighted by atomic mass is 10.00. The van der Waals surface area contributed by atoms with Crippen molar-refractivity contribution in [3.05, 3.63) is 94.7 Å². The second kappa shape index (κ2) is 8.95. The quantitative estimate of drug-likeness (QED) is 0.360. The fourth-order valence-corrected chi connectivity index (χ4v) is 3.80. The highest BCUT2D eigenvalue weighted by Crippen LogP contribution is 2.30. The number of fused-ring (bicyclic) bond motifs is 1. The van der Waals surface area contributed by atoms with E-state index in [1.54, 1.807) is 12.4 Å². The molecule has 168 valence electrons. The van der Waals surface area contributed by atoms with E-state index in [4.69, 9.17) is 0 Å². The predicted octanol–water partition coefficient (Wildman–Crippen LogP) is 4.52. The second-order valence-electron chi connectivity index (χ2n) is 8.73. The number of aryl methyl sites for hydroxylation is 2. The molecule has 1 aliphatic rings. The maximum absolute atomic E-state index is 12.8. The van der Waals surface area contributed by atoms with Crippen LogP contribution in [0.1, 0.15) is 51.3 Å². The summed E-state index contributed by atoms with van der Waals surface area (Å²) in [5, 5.41) is 2.97. The number of aromatic nitrogens is 3. The molecule has 1 N–H and O–H groups in total. The van der Waals surface area contributed by atoms with Crippen LogP contribution in [0.4, 0.5) is 5.69 Å². The van der Waals surface area contributed by atoms with E-state index in [0.29, 0.717) is 22.6 Å². The Balaban J connectivity index is 1.40. The van der Waals surface area contributed by atoms with Crippen LogP contribution in [0.3, 0.4) is 0 Å². The van der Waals surface area contributed by atoms with Crippen LogP contribution in [0.15, 0.2) is 61.1 Å². The first-order chi connectivity index (χ1) is 16.5. The molecule has 1 fully saturated rings. The highest BCUT2D eigenvalue weighted by molar-refractivity contribution is 5.98. The number of hydrogen-bond acceptors (Lipinski definition) is 4. The molecule has 5 rings (SSSR count). The van der Waals surface area contributed by atoms with E-state index in [9.17, 15) is 9.59 Å². The molecular weight excluding hydrogens is 424 g/mol. The molecule has 1 aliphatic carbocycles. The summed E-state index contributed by atoms with van der Waals surface area (Å²) in [6.07, 6.45) is 7.44. The number of rotatable bonds is 5. The maximum Gasteiger partial charge on any atom is 0.227 e. The second-order valence-corrected chi connectivity index (χ2v) is 8.73. The Hall–Kier alpha value is -4.24. The third-order valence-corrected chi connectivity index (χ3v) is 5.94. The number of carbonyl (C=O) groups is 2. The Bertz CT molecular complexity index is 1490. The average molecular weight is 449 g/mol. The standard InChI is InChI=1S/C28H24N4O2/c1-18-11-12-29-23(14-18)16-26(33)22-6-5-19(2)21(15-22)9-10-24-17-30-27-25(4-3-13-32(24)27)31-28(34)20-7-8-20/h3-6,11-15,17,20H,7-8,16H2,1-2H3,(H,31,34). The van der Waals surface area contributed by atoms with Gasteiger partial charge in [0.15, 0.2) is 11.4 Å². The summed E-state index contributed by atoms with van der Waals surface area (Å²) in [5.74, 6) is 6.55. The number of hydrogen-bond donors (Lipinski definition) is 1. The molecule has 1 aromatic carbocycles. The number of amides is 1. The zero-order valence-electron chi connectivity index (χ0n) is 19.1. The lowest BCUT2D eigenvalue weighted by Crippen LogP contribution is -2.14. The molecule has 0 unspecified atom stereocenters. The number of benzene rings is 1. The molecular formula is C28H24N4O2. The van der Waals surface area contributed by atoms with Gasteiger partial charge < -0.3 is 5.32 Å². The van der Waals surface area contributed by atoms with E-state index < -0.39 is 0 Å².